The number of Topliss-reactive ketones (excluding diaryl/α,β-unsaturated/α-hetero) is 1. The van der Waals surface area contributed by atoms with Gasteiger partial charge in [-0.25, -0.2) is 0 Å². The number of carboxylic acids is 1. The third-order valence-corrected chi connectivity index (χ3v) is 2.28. The largest absolute Gasteiger partial charge is 0.480 e. The molecule has 0 aromatic heterocycles. The molecular weight excluding hydrogens is 222 g/mol. The second-order valence-electron chi connectivity index (χ2n) is 3.66. The Balaban J connectivity index is 2.92. The van der Waals surface area contributed by atoms with Crippen molar-refractivity contribution in [3.63, 3.8) is 0 Å². The van der Waals surface area contributed by atoms with Crippen molar-refractivity contribution in [2.75, 3.05) is 6.54 Å². The number of carbonyl (C=O) groups is 3. The van der Waals surface area contributed by atoms with Gasteiger partial charge in [-0.15, -0.1) is 0 Å². The van der Waals surface area contributed by atoms with E-state index in [-0.39, 0.29) is 11.3 Å². The molecule has 17 heavy (non-hydrogen) atoms. The average Bonchev–Trinajstić information content (AvgIpc) is 2.26. The molecule has 0 heterocycles. The summed E-state index contributed by atoms with van der Waals surface area (Å²) in [7, 11) is 0. The normalized spacial score (nSPS) is 9.76. The van der Waals surface area contributed by atoms with Crippen LogP contribution in [-0.4, -0.2) is 29.3 Å². The third-order valence-electron chi connectivity index (χ3n) is 2.28. The number of amides is 1. The minimum absolute atomic E-state index is 0.129. The van der Waals surface area contributed by atoms with Gasteiger partial charge in [0, 0.05) is 11.1 Å². The zero-order chi connectivity index (χ0) is 13.0. The van der Waals surface area contributed by atoms with E-state index in [4.69, 9.17) is 5.11 Å². The minimum atomic E-state index is -1.11. The molecule has 0 aliphatic carbocycles. The number of carboxylic acid groups (broad SMARTS) is 1. The minimum Gasteiger partial charge on any atom is -0.480 e. The number of ketones is 1. The Morgan fingerprint density at radius 3 is 2.47 bits per heavy atom. The molecule has 0 fully saturated rings. The summed E-state index contributed by atoms with van der Waals surface area (Å²) in [6.45, 7) is 2.75. The van der Waals surface area contributed by atoms with Gasteiger partial charge in [-0.2, -0.15) is 0 Å². The van der Waals surface area contributed by atoms with Gasteiger partial charge in [-0.3, -0.25) is 14.4 Å². The number of nitrogens with one attached hydrogen (secondary N) is 1. The Hall–Kier alpha value is -2.17. The highest BCUT2D eigenvalue weighted by atomic mass is 16.4. The highest BCUT2D eigenvalue weighted by Crippen LogP contribution is 2.11. The number of aryl methyl sites for hydroxylation is 1. The van der Waals surface area contributed by atoms with Crippen LogP contribution in [0.4, 0.5) is 0 Å². The smallest absolute Gasteiger partial charge is 0.322 e. The van der Waals surface area contributed by atoms with E-state index in [9.17, 15) is 14.4 Å². The highest BCUT2D eigenvalue weighted by molar-refractivity contribution is 6.01. The lowest BCUT2D eigenvalue weighted by molar-refractivity contribution is -0.135. The first-order valence-corrected chi connectivity index (χ1v) is 5.03. The monoisotopic (exact) mass is 235 g/mol. The Kier molecular flexibility index (Phi) is 3.98. The van der Waals surface area contributed by atoms with E-state index in [1.165, 1.54) is 13.0 Å². The Labute approximate surface area is 98.4 Å². The maximum atomic E-state index is 11.5. The van der Waals surface area contributed by atoms with Crippen molar-refractivity contribution in [2.24, 2.45) is 0 Å². The maximum absolute atomic E-state index is 11.5. The summed E-state index contributed by atoms with van der Waals surface area (Å²) in [5.41, 5.74) is 1.53. The fourth-order valence-corrected chi connectivity index (χ4v) is 1.40. The molecule has 1 aromatic rings. The van der Waals surface area contributed by atoms with E-state index in [1.54, 1.807) is 19.1 Å². The van der Waals surface area contributed by atoms with E-state index in [2.05, 4.69) is 5.32 Å². The van der Waals surface area contributed by atoms with Crippen LogP contribution >= 0.6 is 0 Å². The predicted octanol–water partition coefficient (Wildman–Crippen LogP) is 1.01. The lowest BCUT2D eigenvalue weighted by atomic mass is 10.0. The van der Waals surface area contributed by atoms with Crippen molar-refractivity contribution in [2.45, 2.75) is 13.8 Å². The summed E-state index contributed by atoms with van der Waals surface area (Å²) >= 11 is 0. The lowest BCUT2D eigenvalue weighted by Gasteiger charge is -2.06. The summed E-state index contributed by atoms with van der Waals surface area (Å²) in [4.78, 5) is 33.1. The van der Waals surface area contributed by atoms with Crippen LogP contribution in [0.3, 0.4) is 0 Å². The fourth-order valence-electron chi connectivity index (χ4n) is 1.40. The van der Waals surface area contributed by atoms with E-state index in [0.717, 1.165) is 5.56 Å². The standard InChI is InChI=1S/C12H13NO4/c1-7-3-4-9(5-10(7)8(2)14)12(17)13-6-11(15)16/h3-5H,6H2,1-2H3,(H,13,17)(H,15,16). The van der Waals surface area contributed by atoms with Crippen molar-refractivity contribution in [3.05, 3.63) is 34.9 Å². The Morgan fingerprint density at radius 2 is 1.94 bits per heavy atom. The molecule has 5 heteroatoms. The zero-order valence-corrected chi connectivity index (χ0v) is 9.61. The summed E-state index contributed by atoms with van der Waals surface area (Å²) in [6, 6.07) is 4.68. The number of rotatable bonds is 4. The Bertz CT molecular complexity index is 479. The molecule has 0 radical (unpaired) electrons. The molecule has 2 N–H and O–H groups in total. The molecule has 1 amide bonds. The SMILES string of the molecule is CC(=O)c1cc(C(=O)NCC(=O)O)ccc1C. The van der Waals surface area contributed by atoms with Crippen molar-refractivity contribution >= 4 is 17.7 Å². The number of aliphatic carboxylic acids is 1. The van der Waals surface area contributed by atoms with E-state index >= 15 is 0 Å². The number of carbonyl (C=O) groups excluding carboxylic acids is 2. The number of hydrogen-bond donors (Lipinski definition) is 2. The van der Waals surface area contributed by atoms with Crippen molar-refractivity contribution < 1.29 is 19.5 Å². The van der Waals surface area contributed by atoms with Crippen molar-refractivity contribution in [1.29, 1.82) is 0 Å². The molecule has 5 nitrogen and oxygen atoms in total. The summed E-state index contributed by atoms with van der Waals surface area (Å²) < 4.78 is 0. The van der Waals surface area contributed by atoms with Gasteiger partial charge in [0.25, 0.3) is 5.91 Å². The molecule has 1 rings (SSSR count). The van der Waals surface area contributed by atoms with Crippen molar-refractivity contribution in [3.8, 4) is 0 Å². The van der Waals surface area contributed by atoms with Gasteiger partial charge in [-0.05, 0) is 31.5 Å². The molecular formula is C12H13NO4. The van der Waals surface area contributed by atoms with E-state index in [1.807, 2.05) is 0 Å². The van der Waals surface area contributed by atoms with Crippen LogP contribution in [-0.2, 0) is 4.79 Å². The first-order chi connectivity index (χ1) is 7.91. The first-order valence-electron chi connectivity index (χ1n) is 5.03. The summed E-state index contributed by atoms with van der Waals surface area (Å²) in [5, 5.41) is 10.7. The molecule has 0 saturated heterocycles. The van der Waals surface area contributed by atoms with Crippen LogP contribution in [0.1, 0.15) is 33.2 Å². The maximum Gasteiger partial charge on any atom is 0.322 e. The van der Waals surface area contributed by atoms with Crippen LogP contribution in [0.2, 0.25) is 0 Å². The summed E-state index contributed by atoms with van der Waals surface area (Å²) in [6.07, 6.45) is 0. The van der Waals surface area contributed by atoms with Crippen LogP contribution < -0.4 is 5.32 Å². The Morgan fingerprint density at radius 1 is 1.29 bits per heavy atom. The second-order valence-corrected chi connectivity index (χ2v) is 3.66. The second kappa shape index (κ2) is 5.25. The van der Waals surface area contributed by atoms with Gasteiger partial charge in [0.1, 0.15) is 6.54 Å². The molecule has 0 atom stereocenters. The molecule has 0 spiro atoms. The quantitative estimate of drug-likeness (QED) is 0.763. The van der Waals surface area contributed by atoms with E-state index < -0.39 is 18.4 Å². The van der Waals surface area contributed by atoms with Crippen LogP contribution in [0.15, 0.2) is 18.2 Å². The van der Waals surface area contributed by atoms with Crippen LogP contribution in [0.5, 0.6) is 0 Å². The third kappa shape index (κ3) is 3.41. The zero-order valence-electron chi connectivity index (χ0n) is 9.61. The fraction of sp³-hybridized carbons (Fsp3) is 0.250. The molecule has 0 aliphatic heterocycles. The summed E-state index contributed by atoms with van der Waals surface area (Å²) in [5.74, 6) is -1.75. The van der Waals surface area contributed by atoms with Gasteiger partial charge >= 0.3 is 5.97 Å². The van der Waals surface area contributed by atoms with Gasteiger partial charge in [-0.1, -0.05) is 6.07 Å². The molecule has 0 unspecified atom stereocenters. The van der Waals surface area contributed by atoms with Gasteiger partial charge < -0.3 is 10.4 Å². The number of benzene rings is 1. The number of hydrogen-bond acceptors (Lipinski definition) is 3. The molecule has 90 valence electrons. The van der Waals surface area contributed by atoms with Crippen LogP contribution in [0.25, 0.3) is 0 Å². The van der Waals surface area contributed by atoms with Crippen LogP contribution in [0, 0.1) is 6.92 Å². The molecule has 0 saturated carbocycles. The first kappa shape index (κ1) is 12.9. The van der Waals surface area contributed by atoms with Gasteiger partial charge in [0.2, 0.25) is 0 Å². The van der Waals surface area contributed by atoms with Gasteiger partial charge in [0.15, 0.2) is 5.78 Å². The molecule has 0 bridgehead atoms. The predicted molar refractivity (Wildman–Crippen MR) is 61.2 cm³/mol. The molecule has 1 aromatic carbocycles. The van der Waals surface area contributed by atoms with E-state index in [0.29, 0.717) is 5.56 Å². The lowest BCUT2D eigenvalue weighted by Crippen LogP contribution is -2.29. The van der Waals surface area contributed by atoms with Crippen molar-refractivity contribution in [1.82, 2.24) is 5.32 Å². The average molecular weight is 235 g/mol. The van der Waals surface area contributed by atoms with Gasteiger partial charge in [0.05, 0.1) is 0 Å². The highest BCUT2D eigenvalue weighted by Gasteiger charge is 2.11. The molecule has 0 aliphatic rings. The topological polar surface area (TPSA) is 83.5 Å².